The fraction of sp³-hybridized carbons (Fsp3) is 0.222. The summed E-state index contributed by atoms with van der Waals surface area (Å²) >= 11 is 1.10. The molecule has 1 aliphatic rings. The molecule has 1 fully saturated rings. The Kier molecular flexibility index (Phi) is 6.09. The molecule has 1 N–H and O–H groups in total. The number of hydrogen-bond acceptors (Lipinski definition) is 6. The van der Waals surface area contributed by atoms with Crippen LogP contribution in [0.15, 0.2) is 53.5 Å². The number of halogens is 4. The molecule has 6 nitrogen and oxygen atoms in total. The lowest BCUT2D eigenvalue weighted by Crippen LogP contribution is -2.28. The minimum absolute atomic E-state index is 0.335. The minimum atomic E-state index is -5.77. The van der Waals surface area contributed by atoms with E-state index in [-0.39, 0.29) is 17.8 Å². The number of carbonyl (C=O) groups is 1. The van der Waals surface area contributed by atoms with Crippen LogP contribution in [0.3, 0.4) is 0 Å². The summed E-state index contributed by atoms with van der Waals surface area (Å²) in [6, 6.07) is 10.1. The summed E-state index contributed by atoms with van der Waals surface area (Å²) in [5.74, 6) is -1.29. The highest BCUT2D eigenvalue weighted by atomic mass is 32.2. The molecule has 0 radical (unpaired) electrons. The van der Waals surface area contributed by atoms with E-state index < -0.39 is 26.6 Å². The highest BCUT2D eigenvalue weighted by Gasteiger charge is 2.48. The van der Waals surface area contributed by atoms with Gasteiger partial charge in [0.15, 0.2) is 5.17 Å². The number of rotatable bonds is 5. The van der Waals surface area contributed by atoms with Gasteiger partial charge in [-0.2, -0.15) is 21.6 Å². The number of nitrogens with zero attached hydrogens (tertiary/aromatic N) is 1. The number of benzene rings is 2. The molecule has 0 spiro atoms. The third kappa shape index (κ3) is 4.93. The Bertz CT molecular complexity index is 1070. The molecule has 160 valence electrons. The lowest BCUT2D eigenvalue weighted by Gasteiger charge is -2.11. The van der Waals surface area contributed by atoms with Gasteiger partial charge in [0.05, 0.1) is 6.04 Å². The smallest absolute Gasteiger partial charge is 0.376 e. The Morgan fingerprint density at radius 3 is 2.27 bits per heavy atom. The Morgan fingerprint density at radius 2 is 1.70 bits per heavy atom. The first kappa shape index (κ1) is 22.1. The molecule has 2 aromatic rings. The summed E-state index contributed by atoms with van der Waals surface area (Å²) in [6.45, 7) is 1.77. The minimum Gasteiger partial charge on any atom is -0.376 e. The van der Waals surface area contributed by atoms with Gasteiger partial charge in [0.25, 0.3) is 0 Å². The van der Waals surface area contributed by atoms with Crippen molar-refractivity contribution >= 4 is 33.0 Å². The van der Waals surface area contributed by atoms with Crippen molar-refractivity contribution in [2.45, 2.75) is 23.7 Å². The monoisotopic (exact) mass is 462 g/mol. The molecule has 1 unspecified atom stereocenters. The van der Waals surface area contributed by atoms with Crippen LogP contribution in [0.25, 0.3) is 0 Å². The predicted molar refractivity (Wildman–Crippen MR) is 103 cm³/mol. The molecular weight excluding hydrogens is 448 g/mol. The van der Waals surface area contributed by atoms with Gasteiger partial charge in [-0.3, -0.25) is 9.79 Å². The van der Waals surface area contributed by atoms with E-state index in [1.54, 1.807) is 19.1 Å². The highest BCUT2D eigenvalue weighted by Crippen LogP contribution is 2.36. The van der Waals surface area contributed by atoms with Crippen molar-refractivity contribution in [3.63, 3.8) is 0 Å². The SMILES string of the molecule is C[C@H](N=C1NC(=O)C(c2ccc(OS(=O)(=O)C(F)(F)F)cc2)S1)c1ccc(F)cc1. The maximum Gasteiger partial charge on any atom is 0.534 e. The summed E-state index contributed by atoms with van der Waals surface area (Å²) < 4.78 is 76.3. The second-order valence-electron chi connectivity index (χ2n) is 6.20. The second kappa shape index (κ2) is 8.26. The number of amidine groups is 1. The summed E-state index contributed by atoms with van der Waals surface area (Å²) in [7, 11) is -5.77. The molecule has 2 atom stereocenters. The second-order valence-corrected chi connectivity index (χ2v) is 8.83. The van der Waals surface area contributed by atoms with Crippen molar-refractivity contribution < 1.29 is 35.0 Å². The van der Waals surface area contributed by atoms with Crippen LogP contribution in [-0.2, 0) is 14.9 Å². The van der Waals surface area contributed by atoms with Gasteiger partial charge in [0.1, 0.15) is 16.8 Å². The average Bonchev–Trinajstić information content (AvgIpc) is 3.01. The summed E-state index contributed by atoms with van der Waals surface area (Å²) in [6.07, 6.45) is 0. The molecular formula is C18H14F4N2O4S2. The van der Waals surface area contributed by atoms with Crippen molar-refractivity contribution in [3.05, 3.63) is 65.5 Å². The topological polar surface area (TPSA) is 84.8 Å². The Hall–Kier alpha value is -2.60. The summed E-state index contributed by atoms with van der Waals surface area (Å²) in [4.78, 5) is 16.6. The molecule has 2 aromatic carbocycles. The van der Waals surface area contributed by atoms with Crippen LogP contribution in [0, 0.1) is 5.82 Å². The van der Waals surface area contributed by atoms with Crippen molar-refractivity contribution in [3.8, 4) is 5.75 Å². The molecule has 1 saturated heterocycles. The van der Waals surface area contributed by atoms with Crippen LogP contribution in [0.4, 0.5) is 17.6 Å². The van der Waals surface area contributed by atoms with E-state index in [0.29, 0.717) is 10.7 Å². The maximum atomic E-state index is 13.0. The van der Waals surface area contributed by atoms with E-state index in [4.69, 9.17) is 0 Å². The van der Waals surface area contributed by atoms with Gasteiger partial charge >= 0.3 is 15.6 Å². The van der Waals surface area contributed by atoms with Gasteiger partial charge in [-0.05, 0) is 42.3 Å². The number of aliphatic imine (C=N–C) groups is 1. The van der Waals surface area contributed by atoms with Crippen molar-refractivity contribution in [2.24, 2.45) is 4.99 Å². The normalized spacial score (nSPS) is 19.6. The van der Waals surface area contributed by atoms with Crippen LogP contribution in [-0.4, -0.2) is 25.0 Å². The lowest BCUT2D eigenvalue weighted by molar-refractivity contribution is -0.118. The third-order valence-corrected chi connectivity index (χ3v) is 6.16. The van der Waals surface area contributed by atoms with Gasteiger partial charge in [-0.15, -0.1) is 0 Å². The zero-order valence-electron chi connectivity index (χ0n) is 15.2. The molecule has 0 aliphatic carbocycles. The van der Waals surface area contributed by atoms with Crippen LogP contribution in [0.1, 0.15) is 29.3 Å². The van der Waals surface area contributed by atoms with Gasteiger partial charge in [-0.1, -0.05) is 36.0 Å². The number of hydrogen-bond donors (Lipinski definition) is 1. The maximum absolute atomic E-state index is 13.0. The highest BCUT2D eigenvalue weighted by molar-refractivity contribution is 8.15. The quantitative estimate of drug-likeness (QED) is 0.411. The van der Waals surface area contributed by atoms with Gasteiger partial charge in [-0.25, -0.2) is 4.39 Å². The number of nitrogens with one attached hydrogen (secondary N) is 1. The van der Waals surface area contributed by atoms with E-state index in [0.717, 1.165) is 29.5 Å². The zero-order valence-corrected chi connectivity index (χ0v) is 16.8. The van der Waals surface area contributed by atoms with Crippen LogP contribution in [0.5, 0.6) is 5.75 Å². The standard InChI is InChI=1S/C18H14F4N2O4S2/c1-10(11-2-6-13(19)7-3-11)23-17-24-16(25)15(29-17)12-4-8-14(9-5-12)28-30(26,27)18(20,21)22/h2-10,15H,1H3,(H,23,24,25)/t10-,15?/m0/s1. The van der Waals surface area contributed by atoms with E-state index >= 15 is 0 Å². The fourth-order valence-electron chi connectivity index (χ4n) is 2.51. The molecule has 0 saturated carbocycles. The van der Waals surface area contributed by atoms with E-state index in [2.05, 4.69) is 14.5 Å². The molecule has 1 heterocycles. The number of alkyl halides is 3. The predicted octanol–water partition coefficient (Wildman–Crippen LogP) is 4.08. The number of carbonyl (C=O) groups excluding carboxylic acids is 1. The van der Waals surface area contributed by atoms with E-state index in [1.807, 2.05) is 0 Å². The Balaban J connectivity index is 1.71. The van der Waals surface area contributed by atoms with Crippen molar-refractivity contribution in [1.82, 2.24) is 5.32 Å². The van der Waals surface area contributed by atoms with E-state index in [1.165, 1.54) is 24.3 Å². The van der Waals surface area contributed by atoms with Crippen LogP contribution in [0.2, 0.25) is 0 Å². The van der Waals surface area contributed by atoms with Gasteiger partial charge in [0, 0.05) is 0 Å². The lowest BCUT2D eigenvalue weighted by atomic mass is 10.1. The molecule has 1 amide bonds. The first-order valence-corrected chi connectivity index (χ1v) is 10.7. The van der Waals surface area contributed by atoms with Crippen molar-refractivity contribution in [1.29, 1.82) is 0 Å². The first-order valence-electron chi connectivity index (χ1n) is 8.38. The first-order chi connectivity index (χ1) is 14.0. The van der Waals surface area contributed by atoms with E-state index in [9.17, 15) is 30.8 Å². The van der Waals surface area contributed by atoms with Gasteiger partial charge < -0.3 is 9.50 Å². The molecule has 3 rings (SSSR count). The molecule has 0 aromatic heterocycles. The molecule has 12 heteroatoms. The Morgan fingerprint density at radius 1 is 1.10 bits per heavy atom. The fourth-order valence-corrected chi connectivity index (χ4v) is 4.03. The number of thioether (sulfide) groups is 1. The number of amides is 1. The molecule has 1 aliphatic heterocycles. The largest absolute Gasteiger partial charge is 0.534 e. The van der Waals surface area contributed by atoms with Gasteiger partial charge in [0.2, 0.25) is 5.91 Å². The van der Waals surface area contributed by atoms with Crippen LogP contribution >= 0.6 is 11.8 Å². The summed E-state index contributed by atoms with van der Waals surface area (Å²) in [5, 5.41) is 2.22. The van der Waals surface area contributed by atoms with Crippen LogP contribution < -0.4 is 9.50 Å². The Labute approximate surface area is 173 Å². The summed E-state index contributed by atoms with van der Waals surface area (Å²) in [5.41, 5.74) is -4.37. The molecule has 30 heavy (non-hydrogen) atoms. The molecule has 0 bridgehead atoms. The van der Waals surface area contributed by atoms with Crippen molar-refractivity contribution in [2.75, 3.05) is 0 Å². The third-order valence-electron chi connectivity index (χ3n) is 4.03. The average molecular weight is 462 g/mol. The zero-order chi connectivity index (χ0) is 22.1.